The quantitative estimate of drug-likeness (QED) is 0.0132. The van der Waals surface area contributed by atoms with Crippen molar-refractivity contribution in [2.45, 2.75) is 144 Å². The van der Waals surface area contributed by atoms with E-state index in [1.54, 1.807) is 127 Å². The van der Waals surface area contributed by atoms with Gasteiger partial charge in [-0.3, -0.25) is 55.9 Å². The lowest BCUT2D eigenvalue weighted by Gasteiger charge is -2.29. The number of anilines is 2. The summed E-state index contributed by atoms with van der Waals surface area (Å²) < 4.78 is 134. The van der Waals surface area contributed by atoms with Crippen molar-refractivity contribution in [2.75, 3.05) is 63.9 Å². The highest BCUT2D eigenvalue weighted by Gasteiger charge is 2.37. The number of nitrogens with two attached hydrogens (primary N) is 1. The predicted octanol–water partition coefficient (Wildman–Crippen LogP) is 11.9. The van der Waals surface area contributed by atoms with E-state index in [2.05, 4.69) is 78.7 Å². The van der Waals surface area contributed by atoms with Crippen LogP contribution in [0.2, 0.25) is 0 Å². The van der Waals surface area contributed by atoms with Gasteiger partial charge in [0.05, 0.1) is 81.2 Å². The van der Waals surface area contributed by atoms with Gasteiger partial charge in [-0.1, -0.05) is 0 Å². The van der Waals surface area contributed by atoms with Crippen molar-refractivity contribution >= 4 is 120 Å². The number of fused-ring (bicyclic) bond motifs is 2. The Hall–Kier alpha value is -6.53. The number of aliphatic hydroxyl groups is 2. The van der Waals surface area contributed by atoms with Gasteiger partial charge in [-0.05, 0) is 138 Å². The molecular weight excluding hydrogens is 1460 g/mol. The molecule has 7 rings (SSSR count). The Balaban J connectivity index is 0.000000353. The van der Waals surface area contributed by atoms with Crippen LogP contribution in [0.3, 0.4) is 0 Å². The second-order valence-electron chi connectivity index (χ2n) is 21.1. The van der Waals surface area contributed by atoms with Gasteiger partial charge >= 0.3 is 52.8 Å². The number of halogens is 3. The van der Waals surface area contributed by atoms with Crippen LogP contribution in [0.4, 0.5) is 30.8 Å². The molecule has 0 aromatic carbocycles. The van der Waals surface area contributed by atoms with Crippen LogP contribution in [-0.4, -0.2) is 174 Å². The zero-order valence-corrected chi connectivity index (χ0v) is 61.0. The van der Waals surface area contributed by atoms with E-state index in [9.17, 15) is 42.5 Å². The Morgan fingerprint density at radius 1 is 0.626 bits per heavy atom. The second kappa shape index (κ2) is 42.7. The summed E-state index contributed by atoms with van der Waals surface area (Å²) in [5.41, 5.74) is 8.98. The van der Waals surface area contributed by atoms with Gasteiger partial charge in [-0.2, -0.15) is 0 Å². The number of nitrogens with one attached hydrogen (secondary N) is 1. The number of ether oxygens (including phenoxy) is 10. The minimum Gasteiger partial charge on any atom is -0.432 e. The molecule has 1 saturated heterocycles. The summed E-state index contributed by atoms with van der Waals surface area (Å²) in [5.74, 6) is 0.366. The number of hydrogen-bond donors (Lipinski definition) is 4. The summed E-state index contributed by atoms with van der Waals surface area (Å²) in [6.45, 7) is 13.9. The maximum absolute atomic E-state index is 13.5. The average Bonchev–Trinajstić information content (AvgIpc) is 1.76. The van der Waals surface area contributed by atoms with Gasteiger partial charge in [0.15, 0.2) is 28.4 Å². The summed E-state index contributed by atoms with van der Waals surface area (Å²) in [6.07, 6.45) is 3.65. The first-order chi connectivity index (χ1) is 46.7. The van der Waals surface area contributed by atoms with Gasteiger partial charge in [-0.25, -0.2) is 53.6 Å². The number of imidazole rings is 2. The molecule has 0 spiro atoms. The molecule has 99 heavy (non-hydrogen) atoms. The van der Waals surface area contributed by atoms with E-state index < -0.39 is 141 Å². The molecule has 45 heteroatoms. The minimum absolute atomic E-state index is 0.00346. The van der Waals surface area contributed by atoms with E-state index >= 15 is 0 Å². The molecule has 5 N–H and O–H groups in total. The standard InChI is InChI=1S/C27H38N6O13P2.C19H30N5O10P.C8H11NO2.Cl3OP/c1-18(2)44-26(34)38-15-42-47(36,43-16-39-27(35)45-19(3)4)17-40-20(5)12-33-14-31-23-24(29-13-30-25(23)33)32-48(37)41-11-8-22(46-48)21-6-9-28-10-7-21;1-12(2)33-18(25)28-9-31-35(27,32-10-29-19(26)34-13(3)4)11-30-14(5)6-24-8-23-15-16(20)21-7-22-17(15)24;10-6-3-8(11)7-1-4-9-5-2-7;1-5(2,3)4/h6-7,9-10,13-14,18-20,22H,8,11-12,15-17H2,1-5H3,(H,29,30,32,37);7-8,12-14H,6,9-11H2,1-5H3,(H2,20,21,22);1-2,4-5,8,10-11H,3,6H2;/t20-,22?,48?;14-;;/m11../s1. The molecule has 0 amide bonds. The van der Waals surface area contributed by atoms with E-state index in [-0.39, 0.29) is 43.5 Å². The molecule has 0 radical (unpaired) electrons. The fourth-order valence-electron chi connectivity index (χ4n) is 7.37. The highest BCUT2D eigenvalue weighted by Crippen LogP contribution is 2.61. The summed E-state index contributed by atoms with van der Waals surface area (Å²) in [4.78, 5) is 79.3. The van der Waals surface area contributed by atoms with Crippen LogP contribution in [0.15, 0.2) is 74.4 Å². The summed E-state index contributed by atoms with van der Waals surface area (Å²) in [6, 6.07) is 7.03. The number of aromatic nitrogens is 10. The van der Waals surface area contributed by atoms with E-state index in [0.29, 0.717) is 29.7 Å². The van der Waals surface area contributed by atoms with Gasteiger partial charge in [0.25, 0.3) is 0 Å². The Labute approximate surface area is 582 Å². The third kappa shape index (κ3) is 33.7. The largest absolute Gasteiger partial charge is 0.510 e. The fraction of sp³-hybridized carbons (Fsp3) is 0.556. The second-order valence-corrected chi connectivity index (χ2v) is 33.4. The van der Waals surface area contributed by atoms with Gasteiger partial charge in [0, 0.05) is 44.2 Å². The van der Waals surface area contributed by atoms with Crippen LogP contribution >= 0.6 is 61.9 Å². The highest BCUT2D eigenvalue weighted by molar-refractivity contribution is 8.24. The maximum Gasteiger partial charge on any atom is 0.510 e. The highest BCUT2D eigenvalue weighted by atomic mass is 36.0. The average molecular weight is 1540 g/mol. The molecule has 552 valence electrons. The first-order valence-electron chi connectivity index (χ1n) is 29.6. The lowest BCUT2D eigenvalue weighted by Crippen LogP contribution is -2.20. The molecule has 0 saturated carbocycles. The van der Waals surface area contributed by atoms with Gasteiger partial charge in [0.2, 0.25) is 27.2 Å². The molecule has 38 nitrogen and oxygen atoms in total. The SMILES string of the molecule is CC(C)OC(=O)OCOP(=O)(CO[C@H](C)Cn1cnc2c(N)ncnc21)OCOC(=O)OC(C)C.CC(C)OC(=O)OCOP(=O)(CO[C@H](C)Cn1cnc2c(NP3(=O)OCCC(c4ccncc4)O3)ncnc21)OCOC(=O)OC(C)C.O=P(Cl)(Cl)Cl.OCCC(O)c1ccncc1. The summed E-state index contributed by atoms with van der Waals surface area (Å²) in [5, 5.41) is 17.4. The van der Waals surface area contributed by atoms with Crippen LogP contribution in [0, 0.1) is 0 Å². The Bertz CT molecular complexity index is 3570. The molecule has 1 aliphatic rings. The first-order valence-corrected chi connectivity index (χ1v) is 39.0. The third-order valence-corrected chi connectivity index (χ3v) is 16.0. The van der Waals surface area contributed by atoms with Gasteiger partial charge in [0.1, 0.15) is 30.9 Å². The van der Waals surface area contributed by atoms with Crippen LogP contribution in [0.1, 0.15) is 105 Å². The molecule has 5 atom stereocenters. The first kappa shape index (κ1) is 84.9. The van der Waals surface area contributed by atoms with Crippen LogP contribution in [0.5, 0.6) is 0 Å². The number of carbonyl (C=O) groups is 4. The lowest BCUT2D eigenvalue weighted by molar-refractivity contribution is -0.0390. The van der Waals surface area contributed by atoms with Crippen LogP contribution in [-0.2, 0) is 106 Å². The monoisotopic (exact) mass is 1540 g/mol. The van der Waals surface area contributed by atoms with E-state index in [0.717, 1.165) is 11.1 Å². The number of pyridine rings is 2. The van der Waals surface area contributed by atoms with Crippen molar-refractivity contribution in [2.24, 2.45) is 0 Å². The van der Waals surface area contributed by atoms with Crippen molar-refractivity contribution in [3.63, 3.8) is 0 Å². The molecule has 7 heterocycles. The third-order valence-electron chi connectivity index (χ3n) is 11.5. The number of nitrogens with zero attached hydrogens (tertiary/aromatic N) is 10. The van der Waals surface area contributed by atoms with Gasteiger partial charge in [-0.15, -0.1) is 0 Å². The molecule has 0 bridgehead atoms. The van der Waals surface area contributed by atoms with Crippen molar-refractivity contribution in [1.82, 2.24) is 49.0 Å². The smallest absolute Gasteiger partial charge is 0.432 e. The molecule has 6 aromatic rings. The number of hydrogen-bond acceptors (Lipinski definition) is 35. The van der Waals surface area contributed by atoms with E-state index in [4.69, 9.17) is 85.4 Å². The van der Waals surface area contributed by atoms with Crippen molar-refractivity contribution in [1.29, 1.82) is 0 Å². The Morgan fingerprint density at radius 3 is 1.43 bits per heavy atom. The molecule has 0 aliphatic carbocycles. The zero-order valence-electron chi connectivity index (χ0n) is 55.2. The Kier molecular flexibility index (Phi) is 36.6. The molecule has 1 fully saturated rings. The van der Waals surface area contributed by atoms with E-state index in [1.165, 1.54) is 25.3 Å². The summed E-state index contributed by atoms with van der Waals surface area (Å²) >= 11 is 13.8. The van der Waals surface area contributed by atoms with Crippen LogP contribution < -0.4 is 10.8 Å². The molecule has 1 aliphatic heterocycles. The van der Waals surface area contributed by atoms with Crippen molar-refractivity contribution in [3.05, 3.63) is 85.5 Å². The van der Waals surface area contributed by atoms with Crippen molar-refractivity contribution < 1.29 is 122 Å². The maximum atomic E-state index is 13.5. The minimum atomic E-state index is -4.17. The lowest BCUT2D eigenvalue weighted by atomic mass is 10.1. The zero-order chi connectivity index (χ0) is 73.3. The van der Waals surface area contributed by atoms with Crippen molar-refractivity contribution in [3.8, 4) is 0 Å². The predicted molar refractivity (Wildman–Crippen MR) is 352 cm³/mol. The molecule has 6 aromatic heterocycles. The number of carbonyl (C=O) groups excluding carboxylic acids is 4. The fourth-order valence-corrected chi connectivity index (χ4v) is 11.1. The summed E-state index contributed by atoms with van der Waals surface area (Å²) in [7, 11) is -12.1. The number of rotatable bonds is 32. The Morgan fingerprint density at radius 2 is 1.02 bits per heavy atom. The number of aliphatic hydroxyl groups excluding tert-OH is 2. The topological polar surface area (TPSA) is 476 Å². The molecule has 3 unspecified atom stereocenters. The van der Waals surface area contributed by atoms with Crippen LogP contribution in [0.25, 0.3) is 22.3 Å². The van der Waals surface area contributed by atoms with Gasteiger partial charge < -0.3 is 72.4 Å². The normalized spacial score (nSPS) is 15.6. The number of nitrogen functional groups attached to an aromatic ring is 1. The molecular formula is C54H79Cl3N12O26P4. The van der Waals surface area contributed by atoms with E-state index in [1.807, 2.05) is 0 Å².